The van der Waals surface area contributed by atoms with Crippen LogP contribution in [0.5, 0.6) is 5.75 Å². The fourth-order valence-electron chi connectivity index (χ4n) is 2.35. The van der Waals surface area contributed by atoms with Gasteiger partial charge in [-0.1, -0.05) is 12.1 Å². The van der Waals surface area contributed by atoms with Crippen LogP contribution in [0.15, 0.2) is 24.3 Å². The molecule has 0 radical (unpaired) electrons. The van der Waals surface area contributed by atoms with Crippen molar-refractivity contribution < 1.29 is 9.53 Å². The first kappa shape index (κ1) is 19.8. The van der Waals surface area contributed by atoms with Crippen LogP contribution in [0.25, 0.3) is 0 Å². The lowest BCUT2D eigenvalue weighted by molar-refractivity contribution is -0.130. The maximum absolute atomic E-state index is 11.8. The molecule has 2 rings (SSSR count). The predicted molar refractivity (Wildman–Crippen MR) is 90.2 cm³/mol. The van der Waals surface area contributed by atoms with Crippen LogP contribution in [0.1, 0.15) is 0 Å². The van der Waals surface area contributed by atoms with Crippen LogP contribution in [-0.2, 0) is 4.79 Å². The Balaban J connectivity index is 0.00000200. The third-order valence-electron chi connectivity index (χ3n) is 3.39. The summed E-state index contributed by atoms with van der Waals surface area (Å²) in [5.74, 6) is 1.06. The highest BCUT2D eigenvalue weighted by Crippen LogP contribution is 2.28. The number of nitrogens with one attached hydrogen (secondary N) is 1. The zero-order valence-electron chi connectivity index (χ0n) is 12.4. The van der Waals surface area contributed by atoms with E-state index < -0.39 is 0 Å². The van der Waals surface area contributed by atoms with Crippen molar-refractivity contribution in [3.8, 4) is 5.75 Å². The van der Waals surface area contributed by atoms with Crippen molar-refractivity contribution in [3.05, 3.63) is 24.3 Å². The molecule has 1 aromatic rings. The second-order valence-corrected chi connectivity index (χ2v) is 4.57. The molecule has 1 saturated heterocycles. The van der Waals surface area contributed by atoms with Gasteiger partial charge in [-0.2, -0.15) is 0 Å². The van der Waals surface area contributed by atoms with Gasteiger partial charge in [-0.05, 0) is 19.2 Å². The molecule has 1 N–H and O–H groups in total. The number of likely N-dealkylation sites (N-methyl/N-ethyl adjacent to an activating group) is 1. The molecule has 0 saturated carbocycles. The monoisotopic (exact) mass is 335 g/mol. The van der Waals surface area contributed by atoms with E-state index in [-0.39, 0.29) is 30.7 Å². The van der Waals surface area contributed by atoms with Crippen molar-refractivity contribution in [2.75, 3.05) is 51.8 Å². The van der Waals surface area contributed by atoms with E-state index in [1.54, 1.807) is 14.2 Å². The van der Waals surface area contributed by atoms with E-state index in [9.17, 15) is 4.79 Å². The number of para-hydroxylation sites is 2. The molecule has 0 atom stereocenters. The van der Waals surface area contributed by atoms with Crippen LogP contribution in [0, 0.1) is 0 Å². The van der Waals surface area contributed by atoms with Gasteiger partial charge >= 0.3 is 0 Å². The van der Waals surface area contributed by atoms with Crippen LogP contribution in [0.3, 0.4) is 0 Å². The van der Waals surface area contributed by atoms with E-state index in [1.807, 2.05) is 23.1 Å². The first-order valence-corrected chi connectivity index (χ1v) is 6.56. The lowest BCUT2D eigenvalue weighted by atomic mass is 10.2. The Hall–Kier alpha value is -1.17. The van der Waals surface area contributed by atoms with E-state index in [2.05, 4.69) is 16.3 Å². The third kappa shape index (κ3) is 4.95. The minimum Gasteiger partial charge on any atom is -0.495 e. The molecule has 120 valence electrons. The van der Waals surface area contributed by atoms with Crippen molar-refractivity contribution >= 4 is 36.4 Å². The molecule has 5 nitrogen and oxygen atoms in total. The largest absolute Gasteiger partial charge is 0.495 e. The quantitative estimate of drug-likeness (QED) is 0.903. The molecule has 7 heteroatoms. The molecule has 1 aromatic carbocycles. The number of carbonyl (C=O) groups excluding carboxylic acids is 1. The Morgan fingerprint density at radius 3 is 2.38 bits per heavy atom. The molecular weight excluding hydrogens is 313 g/mol. The summed E-state index contributed by atoms with van der Waals surface area (Å²) in [5, 5.41) is 2.90. The van der Waals surface area contributed by atoms with E-state index in [0.29, 0.717) is 6.54 Å². The topological polar surface area (TPSA) is 44.8 Å². The highest BCUT2D eigenvalue weighted by Gasteiger charge is 2.22. The van der Waals surface area contributed by atoms with Gasteiger partial charge in [0.15, 0.2) is 0 Å². The average Bonchev–Trinajstić information content (AvgIpc) is 2.47. The van der Waals surface area contributed by atoms with Crippen molar-refractivity contribution in [3.63, 3.8) is 0 Å². The number of amides is 1. The lowest BCUT2D eigenvalue weighted by Crippen LogP contribution is -2.50. The van der Waals surface area contributed by atoms with Crippen LogP contribution >= 0.6 is 24.8 Å². The number of halogens is 2. The molecule has 1 aliphatic rings. The number of nitrogens with zero attached hydrogens (tertiary/aromatic N) is 2. The number of hydrogen-bond donors (Lipinski definition) is 1. The molecule has 0 aromatic heterocycles. The first-order chi connectivity index (χ1) is 9.26. The fraction of sp³-hybridized carbons (Fsp3) is 0.500. The van der Waals surface area contributed by atoms with Crippen molar-refractivity contribution in [1.82, 2.24) is 10.2 Å². The van der Waals surface area contributed by atoms with Crippen LogP contribution < -0.4 is 15.0 Å². The molecule has 0 bridgehead atoms. The fourth-order valence-corrected chi connectivity index (χ4v) is 2.35. The molecule has 0 spiro atoms. The molecule has 1 heterocycles. The van der Waals surface area contributed by atoms with E-state index in [0.717, 1.165) is 37.6 Å². The van der Waals surface area contributed by atoms with Gasteiger partial charge in [-0.15, -0.1) is 24.8 Å². The lowest BCUT2D eigenvalue weighted by Gasteiger charge is -2.36. The summed E-state index contributed by atoms with van der Waals surface area (Å²) in [6.45, 7) is 3.62. The maximum Gasteiger partial charge on any atom is 0.236 e. The number of anilines is 1. The maximum atomic E-state index is 11.8. The number of hydrogen-bond acceptors (Lipinski definition) is 4. The zero-order chi connectivity index (χ0) is 13.7. The number of piperazine rings is 1. The van der Waals surface area contributed by atoms with E-state index >= 15 is 0 Å². The Bertz CT molecular complexity index is 438. The van der Waals surface area contributed by atoms with Crippen molar-refractivity contribution in [2.24, 2.45) is 0 Å². The Morgan fingerprint density at radius 1 is 1.19 bits per heavy atom. The van der Waals surface area contributed by atoms with E-state index in [4.69, 9.17) is 4.74 Å². The van der Waals surface area contributed by atoms with Gasteiger partial charge in [0.2, 0.25) is 5.91 Å². The molecule has 0 unspecified atom stereocenters. The molecule has 1 fully saturated rings. The van der Waals surface area contributed by atoms with Crippen LogP contribution in [0.2, 0.25) is 0 Å². The SMILES string of the molecule is CNCC(=O)N1CCN(c2ccccc2OC)CC1.Cl.Cl. The van der Waals surface area contributed by atoms with Gasteiger partial charge < -0.3 is 19.9 Å². The number of carbonyl (C=O) groups is 1. The van der Waals surface area contributed by atoms with Crippen LogP contribution in [-0.4, -0.2) is 57.7 Å². The van der Waals surface area contributed by atoms with Gasteiger partial charge in [0, 0.05) is 26.2 Å². The minimum atomic E-state index is 0. The second-order valence-electron chi connectivity index (χ2n) is 4.57. The Kier molecular flexibility index (Phi) is 9.17. The number of rotatable bonds is 4. The summed E-state index contributed by atoms with van der Waals surface area (Å²) in [6.07, 6.45) is 0. The predicted octanol–water partition coefficient (Wildman–Crippen LogP) is 1.41. The summed E-state index contributed by atoms with van der Waals surface area (Å²) in [5.41, 5.74) is 1.10. The molecule has 21 heavy (non-hydrogen) atoms. The van der Waals surface area contributed by atoms with Gasteiger partial charge in [-0.3, -0.25) is 4.79 Å². The normalized spacial score (nSPS) is 14.0. The highest BCUT2D eigenvalue weighted by molar-refractivity contribution is 5.85. The summed E-state index contributed by atoms with van der Waals surface area (Å²) in [7, 11) is 3.48. The summed E-state index contributed by atoms with van der Waals surface area (Å²) < 4.78 is 5.38. The number of benzene rings is 1. The number of methoxy groups -OCH3 is 1. The summed E-state index contributed by atoms with van der Waals surface area (Å²) >= 11 is 0. The number of ether oxygens (including phenoxy) is 1. The Labute approximate surface area is 138 Å². The average molecular weight is 336 g/mol. The van der Waals surface area contributed by atoms with Crippen molar-refractivity contribution in [1.29, 1.82) is 0 Å². The summed E-state index contributed by atoms with van der Waals surface area (Å²) in [6, 6.07) is 8.00. The van der Waals surface area contributed by atoms with E-state index in [1.165, 1.54) is 0 Å². The third-order valence-corrected chi connectivity index (χ3v) is 3.39. The molecule has 0 aliphatic carbocycles. The standard InChI is InChI=1S/C14H21N3O2.2ClH/c1-15-11-14(18)17-9-7-16(8-10-17)12-5-3-4-6-13(12)19-2;;/h3-6,15H,7-11H2,1-2H3;2*1H. The van der Waals surface area contributed by atoms with Crippen molar-refractivity contribution in [2.45, 2.75) is 0 Å². The highest BCUT2D eigenvalue weighted by atomic mass is 35.5. The second kappa shape index (κ2) is 9.71. The molecule has 1 aliphatic heterocycles. The Morgan fingerprint density at radius 2 is 1.81 bits per heavy atom. The van der Waals surface area contributed by atoms with Gasteiger partial charge in [-0.25, -0.2) is 0 Å². The van der Waals surface area contributed by atoms with Gasteiger partial charge in [0.25, 0.3) is 0 Å². The van der Waals surface area contributed by atoms with Crippen LogP contribution in [0.4, 0.5) is 5.69 Å². The zero-order valence-corrected chi connectivity index (χ0v) is 14.0. The first-order valence-electron chi connectivity index (χ1n) is 6.56. The molecular formula is C14H23Cl2N3O2. The van der Waals surface area contributed by atoms with Gasteiger partial charge in [0.05, 0.1) is 19.3 Å². The molecule has 1 amide bonds. The van der Waals surface area contributed by atoms with Gasteiger partial charge in [0.1, 0.15) is 5.75 Å². The smallest absolute Gasteiger partial charge is 0.236 e. The minimum absolute atomic E-state index is 0. The summed E-state index contributed by atoms with van der Waals surface area (Å²) in [4.78, 5) is 16.0.